The topological polar surface area (TPSA) is 137 Å². The molecule has 0 spiro atoms. The minimum atomic E-state index is -1.60. The Morgan fingerprint density at radius 3 is 0.523 bits per heavy atom. The number of ketones is 8. The second-order valence-electron chi connectivity index (χ2n) is 12.6. The maximum atomic E-state index is 13.4. The van der Waals surface area contributed by atoms with Gasteiger partial charge in [0.1, 0.15) is 0 Å². The maximum Gasteiger partial charge on any atom is 0.169 e. The Kier molecular flexibility index (Phi) is 13.8. The summed E-state index contributed by atoms with van der Waals surface area (Å²) in [4.78, 5) is 107. The van der Waals surface area contributed by atoms with E-state index in [2.05, 4.69) is 0 Å². The summed E-state index contributed by atoms with van der Waals surface area (Å²) in [5.74, 6) is -5.29. The molecule has 1 aliphatic carbocycles. The number of rotatable bonds is 8. The van der Waals surface area contributed by atoms with Gasteiger partial charge in [-0.2, -0.15) is 0 Å². The first-order chi connectivity index (χ1) is 20.4. The van der Waals surface area contributed by atoms with Gasteiger partial charge in [-0.3, -0.25) is 38.4 Å². The zero-order chi connectivity index (χ0) is 33.9. The fourth-order valence-electron chi connectivity index (χ4n) is 5.55. The highest BCUT2D eigenvalue weighted by atomic mass is 16.2. The summed E-state index contributed by atoms with van der Waals surface area (Å²) >= 11 is 0. The maximum absolute atomic E-state index is 13.4. The van der Waals surface area contributed by atoms with Crippen molar-refractivity contribution in [2.24, 2.45) is 21.7 Å². The Morgan fingerprint density at radius 1 is 0.318 bits per heavy atom. The molecule has 1 rings (SSSR count). The lowest BCUT2D eigenvalue weighted by atomic mass is 9.73. The van der Waals surface area contributed by atoms with Crippen molar-refractivity contribution in [2.75, 3.05) is 0 Å². The van der Waals surface area contributed by atoms with E-state index in [1.807, 2.05) is 0 Å². The van der Waals surface area contributed by atoms with Crippen LogP contribution < -0.4 is 0 Å². The number of hydrogen-bond donors (Lipinski definition) is 0. The summed E-state index contributed by atoms with van der Waals surface area (Å²) in [6, 6.07) is 0. The fourth-order valence-corrected chi connectivity index (χ4v) is 5.55. The highest BCUT2D eigenvalue weighted by Crippen LogP contribution is 2.33. The van der Waals surface area contributed by atoms with Crippen LogP contribution in [0.1, 0.15) is 107 Å². The fraction of sp³-hybridized carbons (Fsp3) is 0.556. The Hall–Kier alpha value is -3.68. The number of carbonyl (C=O) groups excluding carboxylic acids is 8. The van der Waals surface area contributed by atoms with Crippen molar-refractivity contribution in [1.29, 1.82) is 0 Å². The predicted octanol–water partition coefficient (Wildman–Crippen LogP) is 6.00. The molecule has 0 aromatic rings. The number of allylic oxidation sites excluding steroid dienone is 8. The standard InChI is InChI=1S/C36H48O8/c1-9-21-33(5)25(37)13-15-27(39)34(6,22-10-2)29(41)17-19-31(43)36(8,24-12-4)32(44)20-18-30(42)35(7,23-11-3)28(40)16-14-26(33)38/h13-20H,9-12,21-24H2,1-8H3/b15-13-,16-14+,19-17+,20-18+. The summed E-state index contributed by atoms with van der Waals surface area (Å²) < 4.78 is 0. The average Bonchev–Trinajstić information content (AvgIpc) is 2.98. The number of carbonyl (C=O) groups is 8. The second kappa shape index (κ2) is 15.9. The molecule has 44 heavy (non-hydrogen) atoms. The van der Waals surface area contributed by atoms with Crippen LogP contribution in [0.2, 0.25) is 0 Å². The molecule has 0 aromatic carbocycles. The SMILES string of the molecule is CCCC1(C)C(=O)/C=C\C(=O)C(C)(CCC)C(=O)/C=C/C(=O)C(C)(CCC)C(=O)/C=C/C(=O)C(C)(CCC)C(=O)/C=C/C1=O. The molecule has 0 aromatic heterocycles. The molecular weight excluding hydrogens is 560 g/mol. The molecule has 240 valence electrons. The van der Waals surface area contributed by atoms with Gasteiger partial charge in [0, 0.05) is 0 Å². The lowest BCUT2D eigenvalue weighted by Crippen LogP contribution is -2.38. The first-order valence-electron chi connectivity index (χ1n) is 15.5. The van der Waals surface area contributed by atoms with Crippen LogP contribution in [0.15, 0.2) is 48.6 Å². The van der Waals surface area contributed by atoms with E-state index in [4.69, 9.17) is 0 Å². The quantitative estimate of drug-likeness (QED) is 0.306. The van der Waals surface area contributed by atoms with Gasteiger partial charge in [0.05, 0.1) is 21.7 Å². The molecular formula is C36H48O8. The van der Waals surface area contributed by atoms with E-state index in [0.29, 0.717) is 25.7 Å². The molecule has 4 atom stereocenters. The average molecular weight is 609 g/mol. The molecule has 4 unspecified atom stereocenters. The van der Waals surface area contributed by atoms with Gasteiger partial charge in [0.15, 0.2) is 46.3 Å². The summed E-state index contributed by atoms with van der Waals surface area (Å²) in [5.41, 5.74) is -6.38. The van der Waals surface area contributed by atoms with Crippen LogP contribution in [0.4, 0.5) is 0 Å². The molecule has 0 bridgehead atoms. The Bertz CT molecular complexity index is 1030. The van der Waals surface area contributed by atoms with Gasteiger partial charge in [-0.25, -0.2) is 0 Å². The smallest absolute Gasteiger partial charge is 0.169 e. The molecule has 0 N–H and O–H groups in total. The zero-order valence-corrected chi connectivity index (χ0v) is 27.5. The third-order valence-electron chi connectivity index (χ3n) is 8.89. The van der Waals surface area contributed by atoms with Crippen LogP contribution in [0.5, 0.6) is 0 Å². The van der Waals surface area contributed by atoms with Crippen LogP contribution in [-0.2, 0) is 38.4 Å². The van der Waals surface area contributed by atoms with Crippen molar-refractivity contribution in [3.8, 4) is 0 Å². The molecule has 0 radical (unpaired) electrons. The molecule has 0 fully saturated rings. The van der Waals surface area contributed by atoms with Crippen LogP contribution in [0, 0.1) is 21.7 Å². The van der Waals surface area contributed by atoms with Crippen LogP contribution in [0.3, 0.4) is 0 Å². The number of hydrogen-bond acceptors (Lipinski definition) is 8. The largest absolute Gasteiger partial charge is 0.294 e. The minimum Gasteiger partial charge on any atom is -0.294 e. The van der Waals surface area contributed by atoms with Crippen molar-refractivity contribution in [3.63, 3.8) is 0 Å². The summed E-state index contributed by atoms with van der Waals surface area (Å²) in [6.07, 6.45) is 10.3. The predicted molar refractivity (Wildman–Crippen MR) is 169 cm³/mol. The monoisotopic (exact) mass is 608 g/mol. The minimum absolute atomic E-state index is 0.129. The highest BCUT2D eigenvalue weighted by Gasteiger charge is 2.42. The van der Waals surface area contributed by atoms with Gasteiger partial charge >= 0.3 is 0 Å². The molecule has 0 aliphatic heterocycles. The first-order valence-corrected chi connectivity index (χ1v) is 15.5. The Morgan fingerprint density at radius 2 is 0.432 bits per heavy atom. The molecule has 0 heterocycles. The van der Waals surface area contributed by atoms with E-state index in [0.717, 1.165) is 48.6 Å². The van der Waals surface area contributed by atoms with Gasteiger partial charge in [-0.15, -0.1) is 0 Å². The van der Waals surface area contributed by atoms with E-state index in [-0.39, 0.29) is 25.7 Å². The summed E-state index contributed by atoms with van der Waals surface area (Å²) in [5, 5.41) is 0. The summed E-state index contributed by atoms with van der Waals surface area (Å²) in [7, 11) is 0. The van der Waals surface area contributed by atoms with Crippen LogP contribution >= 0.6 is 0 Å². The third kappa shape index (κ3) is 8.27. The normalized spacial score (nSPS) is 32.9. The van der Waals surface area contributed by atoms with Crippen molar-refractivity contribution in [3.05, 3.63) is 48.6 Å². The van der Waals surface area contributed by atoms with Crippen molar-refractivity contribution >= 4 is 46.3 Å². The highest BCUT2D eigenvalue weighted by molar-refractivity contribution is 6.23. The molecule has 0 saturated carbocycles. The Balaban J connectivity index is 3.93. The van der Waals surface area contributed by atoms with Gasteiger partial charge in [-0.1, -0.05) is 53.4 Å². The zero-order valence-electron chi connectivity index (χ0n) is 27.5. The lowest BCUT2D eigenvalue weighted by molar-refractivity contribution is -0.137. The second-order valence-corrected chi connectivity index (χ2v) is 12.6. The van der Waals surface area contributed by atoms with Gasteiger partial charge in [0.2, 0.25) is 0 Å². The molecule has 8 nitrogen and oxygen atoms in total. The van der Waals surface area contributed by atoms with E-state index >= 15 is 0 Å². The van der Waals surface area contributed by atoms with E-state index in [1.165, 1.54) is 27.7 Å². The van der Waals surface area contributed by atoms with Crippen LogP contribution in [0.25, 0.3) is 0 Å². The van der Waals surface area contributed by atoms with Gasteiger partial charge < -0.3 is 0 Å². The summed E-state index contributed by atoms with van der Waals surface area (Å²) in [6.45, 7) is 12.9. The molecule has 8 heteroatoms. The van der Waals surface area contributed by atoms with E-state index < -0.39 is 67.9 Å². The van der Waals surface area contributed by atoms with Crippen LogP contribution in [-0.4, -0.2) is 46.3 Å². The van der Waals surface area contributed by atoms with Crippen molar-refractivity contribution in [1.82, 2.24) is 0 Å². The lowest BCUT2D eigenvalue weighted by Gasteiger charge is -2.26. The molecule has 0 saturated heterocycles. The van der Waals surface area contributed by atoms with Gasteiger partial charge in [0.25, 0.3) is 0 Å². The third-order valence-corrected chi connectivity index (χ3v) is 8.89. The van der Waals surface area contributed by atoms with Crippen molar-refractivity contribution in [2.45, 2.75) is 107 Å². The first kappa shape index (κ1) is 38.3. The van der Waals surface area contributed by atoms with Gasteiger partial charge in [-0.05, 0) is 102 Å². The molecule has 0 amide bonds. The molecule has 1 aliphatic rings. The van der Waals surface area contributed by atoms with E-state index in [9.17, 15) is 38.4 Å². The van der Waals surface area contributed by atoms with E-state index in [1.54, 1.807) is 27.7 Å². The Labute approximate surface area is 261 Å². The van der Waals surface area contributed by atoms with Crippen molar-refractivity contribution < 1.29 is 38.4 Å².